The number of nitrogens with one attached hydrogen (secondary N) is 2. The van der Waals surface area contributed by atoms with E-state index in [4.69, 9.17) is 4.42 Å². The highest BCUT2D eigenvalue weighted by atomic mass is 16.3. The Kier molecular flexibility index (Phi) is 6.18. The zero-order chi connectivity index (χ0) is 21.8. The fraction of sp³-hybridized carbons (Fsp3) is 0.280. The average Bonchev–Trinajstić information content (AvgIpc) is 3.27. The number of furan rings is 1. The summed E-state index contributed by atoms with van der Waals surface area (Å²) in [6.07, 6.45) is 2.57. The topological polar surface area (TPSA) is 74.6 Å². The number of benzene rings is 2. The number of aryl methyl sites for hydroxylation is 2. The van der Waals surface area contributed by atoms with Crippen molar-refractivity contribution in [2.45, 2.75) is 32.9 Å². The Balaban J connectivity index is 1.42. The van der Waals surface area contributed by atoms with E-state index >= 15 is 0 Å². The minimum atomic E-state index is -0.674. The van der Waals surface area contributed by atoms with Crippen LogP contribution in [0, 0.1) is 13.8 Å². The number of carbonyl (C=O) groups is 2. The monoisotopic (exact) mass is 417 g/mol. The standard InChI is InChI=1S/C25H27N3O3/c1-17-12-18(2)14-21(13-17)27-25(30)24(29)26-15-22(23-8-5-11-31-23)28-10-9-19-6-3-4-7-20(19)16-28/h3-8,11-14,22H,9-10,15-16H2,1-2H3,(H,26,29)(H,27,30)/t22-/m0/s1. The van der Waals surface area contributed by atoms with Crippen molar-refractivity contribution in [3.05, 3.63) is 88.9 Å². The van der Waals surface area contributed by atoms with Crippen LogP contribution in [0.1, 0.15) is 34.1 Å². The first kappa shape index (κ1) is 20.9. The van der Waals surface area contributed by atoms with Crippen LogP contribution in [0.25, 0.3) is 0 Å². The van der Waals surface area contributed by atoms with E-state index in [2.05, 4.69) is 33.7 Å². The van der Waals surface area contributed by atoms with Gasteiger partial charge in [-0.3, -0.25) is 14.5 Å². The van der Waals surface area contributed by atoms with Crippen molar-refractivity contribution in [3.8, 4) is 0 Å². The second-order valence-corrected chi connectivity index (χ2v) is 8.06. The molecule has 0 saturated carbocycles. The molecular weight excluding hydrogens is 390 g/mol. The molecule has 2 N–H and O–H groups in total. The van der Waals surface area contributed by atoms with Gasteiger partial charge in [-0.25, -0.2) is 0 Å². The zero-order valence-electron chi connectivity index (χ0n) is 17.9. The lowest BCUT2D eigenvalue weighted by molar-refractivity contribution is -0.136. The maximum absolute atomic E-state index is 12.5. The quantitative estimate of drug-likeness (QED) is 0.620. The van der Waals surface area contributed by atoms with Crippen LogP contribution in [0.3, 0.4) is 0 Å². The molecule has 3 aromatic rings. The summed E-state index contributed by atoms with van der Waals surface area (Å²) in [5.41, 5.74) is 5.31. The molecule has 160 valence electrons. The van der Waals surface area contributed by atoms with Crippen LogP contribution in [-0.4, -0.2) is 29.8 Å². The number of rotatable bonds is 5. The Bertz CT molecular complexity index is 1060. The van der Waals surface area contributed by atoms with Crippen LogP contribution in [0.2, 0.25) is 0 Å². The number of anilines is 1. The van der Waals surface area contributed by atoms with Crippen LogP contribution in [-0.2, 0) is 22.6 Å². The highest BCUT2D eigenvalue weighted by Crippen LogP contribution is 2.28. The van der Waals surface area contributed by atoms with Crippen molar-refractivity contribution in [2.75, 3.05) is 18.4 Å². The van der Waals surface area contributed by atoms with Crippen molar-refractivity contribution in [3.63, 3.8) is 0 Å². The molecule has 1 atom stereocenters. The van der Waals surface area contributed by atoms with Crippen molar-refractivity contribution >= 4 is 17.5 Å². The summed E-state index contributed by atoms with van der Waals surface area (Å²) in [4.78, 5) is 27.2. The third kappa shape index (κ3) is 5.03. The molecule has 31 heavy (non-hydrogen) atoms. The summed E-state index contributed by atoms with van der Waals surface area (Å²) in [7, 11) is 0. The Morgan fingerprint density at radius 2 is 1.74 bits per heavy atom. The second-order valence-electron chi connectivity index (χ2n) is 8.06. The Morgan fingerprint density at radius 3 is 2.45 bits per heavy atom. The van der Waals surface area contributed by atoms with Crippen LogP contribution >= 0.6 is 0 Å². The minimum Gasteiger partial charge on any atom is -0.468 e. The fourth-order valence-electron chi connectivity index (χ4n) is 4.18. The highest BCUT2D eigenvalue weighted by molar-refractivity contribution is 6.39. The first-order chi connectivity index (χ1) is 15.0. The van der Waals surface area contributed by atoms with Crippen LogP contribution in [0.15, 0.2) is 65.3 Å². The number of hydrogen-bond donors (Lipinski definition) is 2. The molecule has 4 rings (SSSR count). The average molecular weight is 418 g/mol. The van der Waals surface area contributed by atoms with Gasteiger partial charge in [0.15, 0.2) is 0 Å². The summed E-state index contributed by atoms with van der Waals surface area (Å²) in [6.45, 7) is 5.81. The number of fused-ring (bicyclic) bond motifs is 1. The van der Waals surface area contributed by atoms with E-state index in [0.29, 0.717) is 5.69 Å². The molecule has 0 radical (unpaired) electrons. The lowest BCUT2D eigenvalue weighted by atomic mass is 9.98. The summed E-state index contributed by atoms with van der Waals surface area (Å²) in [5.74, 6) is -0.560. The molecule has 1 aromatic heterocycles. The number of nitrogens with zero attached hydrogens (tertiary/aromatic N) is 1. The normalized spacial score (nSPS) is 14.5. The molecule has 1 aliphatic rings. The maximum atomic E-state index is 12.5. The molecule has 6 heteroatoms. The predicted octanol–water partition coefficient (Wildman–Crippen LogP) is 3.75. The van der Waals surface area contributed by atoms with Crippen LogP contribution < -0.4 is 10.6 Å². The molecule has 0 aliphatic carbocycles. The number of carbonyl (C=O) groups excluding carboxylic acids is 2. The molecule has 0 fully saturated rings. The summed E-state index contributed by atoms with van der Waals surface area (Å²) in [5, 5.41) is 5.48. The van der Waals surface area contributed by atoms with E-state index in [0.717, 1.165) is 36.4 Å². The van der Waals surface area contributed by atoms with Gasteiger partial charge in [0, 0.05) is 25.3 Å². The molecule has 2 aromatic carbocycles. The van der Waals surface area contributed by atoms with Crippen molar-refractivity contribution in [1.82, 2.24) is 10.2 Å². The minimum absolute atomic E-state index is 0.152. The van der Waals surface area contributed by atoms with E-state index in [1.807, 2.05) is 50.2 Å². The summed E-state index contributed by atoms with van der Waals surface area (Å²) in [6, 6.07) is 17.7. The van der Waals surface area contributed by atoms with Crippen LogP contribution in [0.5, 0.6) is 0 Å². The molecular formula is C25H27N3O3. The predicted molar refractivity (Wildman–Crippen MR) is 120 cm³/mol. The Morgan fingerprint density at radius 1 is 1.00 bits per heavy atom. The van der Waals surface area contributed by atoms with Crippen molar-refractivity contribution in [2.24, 2.45) is 0 Å². The molecule has 2 heterocycles. The smallest absolute Gasteiger partial charge is 0.313 e. The zero-order valence-corrected chi connectivity index (χ0v) is 17.9. The molecule has 1 aliphatic heterocycles. The van der Waals surface area contributed by atoms with E-state index < -0.39 is 11.8 Å². The maximum Gasteiger partial charge on any atom is 0.313 e. The van der Waals surface area contributed by atoms with Gasteiger partial charge in [-0.05, 0) is 66.8 Å². The third-order valence-electron chi connectivity index (χ3n) is 5.61. The summed E-state index contributed by atoms with van der Waals surface area (Å²) < 4.78 is 5.66. The molecule has 0 spiro atoms. The molecule has 6 nitrogen and oxygen atoms in total. The van der Waals surface area contributed by atoms with Crippen molar-refractivity contribution < 1.29 is 14.0 Å². The van der Waals surface area contributed by atoms with Gasteiger partial charge >= 0.3 is 11.8 Å². The van der Waals surface area contributed by atoms with E-state index in [-0.39, 0.29) is 12.6 Å². The van der Waals surface area contributed by atoms with Gasteiger partial charge in [-0.15, -0.1) is 0 Å². The summed E-state index contributed by atoms with van der Waals surface area (Å²) >= 11 is 0. The largest absolute Gasteiger partial charge is 0.468 e. The SMILES string of the molecule is Cc1cc(C)cc(NC(=O)C(=O)NC[C@@H](c2ccco2)N2CCc3ccccc3C2)c1. The van der Waals surface area contributed by atoms with Gasteiger partial charge in [0.05, 0.1) is 12.3 Å². The van der Waals surface area contributed by atoms with E-state index in [1.54, 1.807) is 6.26 Å². The molecule has 0 unspecified atom stereocenters. The van der Waals surface area contributed by atoms with Gasteiger partial charge < -0.3 is 15.1 Å². The highest BCUT2D eigenvalue weighted by Gasteiger charge is 2.27. The lowest BCUT2D eigenvalue weighted by Crippen LogP contribution is -2.43. The molecule has 2 amide bonds. The number of amides is 2. The van der Waals surface area contributed by atoms with Gasteiger partial charge in [0.25, 0.3) is 0 Å². The lowest BCUT2D eigenvalue weighted by Gasteiger charge is -2.34. The van der Waals surface area contributed by atoms with E-state index in [1.165, 1.54) is 11.1 Å². The third-order valence-corrected chi connectivity index (χ3v) is 5.61. The first-order valence-electron chi connectivity index (χ1n) is 10.5. The second kappa shape index (κ2) is 9.18. The molecule has 0 saturated heterocycles. The van der Waals surface area contributed by atoms with Crippen LogP contribution in [0.4, 0.5) is 5.69 Å². The van der Waals surface area contributed by atoms with Gasteiger partial charge in [0.1, 0.15) is 5.76 Å². The van der Waals surface area contributed by atoms with Crippen molar-refractivity contribution in [1.29, 1.82) is 0 Å². The van der Waals surface area contributed by atoms with E-state index in [9.17, 15) is 9.59 Å². The van der Waals surface area contributed by atoms with Gasteiger partial charge in [-0.1, -0.05) is 30.3 Å². The first-order valence-corrected chi connectivity index (χ1v) is 10.5. The fourth-order valence-corrected chi connectivity index (χ4v) is 4.18. The Hall–Kier alpha value is -3.38. The van der Waals surface area contributed by atoms with Gasteiger partial charge in [0.2, 0.25) is 0 Å². The molecule has 0 bridgehead atoms. The van der Waals surface area contributed by atoms with Gasteiger partial charge in [-0.2, -0.15) is 0 Å². The Labute approximate surface area is 182 Å². The number of hydrogen-bond acceptors (Lipinski definition) is 4.